The smallest absolute Gasteiger partial charge is 0.253 e. The Morgan fingerprint density at radius 2 is 2.31 bits per heavy atom. The fourth-order valence-corrected chi connectivity index (χ4v) is 2.29. The average molecular weight is 228 g/mol. The van der Waals surface area contributed by atoms with Crippen LogP contribution < -0.4 is 5.32 Å². The third-order valence-electron chi connectivity index (χ3n) is 2.97. The van der Waals surface area contributed by atoms with Gasteiger partial charge in [-0.25, -0.2) is 0 Å². The summed E-state index contributed by atoms with van der Waals surface area (Å²) in [5.74, 6) is -1.82. The number of ether oxygens (including phenoxy) is 1. The molecule has 90 valence electrons. The second-order valence-corrected chi connectivity index (χ2v) is 4.06. The van der Waals surface area contributed by atoms with Gasteiger partial charge in [-0.15, -0.1) is 0 Å². The van der Waals surface area contributed by atoms with Gasteiger partial charge in [0.15, 0.2) is 0 Å². The van der Waals surface area contributed by atoms with E-state index in [1.807, 2.05) is 0 Å². The van der Waals surface area contributed by atoms with E-state index in [4.69, 9.17) is 4.74 Å². The summed E-state index contributed by atoms with van der Waals surface area (Å²) in [6.45, 7) is 2.08. The lowest BCUT2D eigenvalue weighted by Gasteiger charge is -2.36. The average Bonchev–Trinajstić information content (AvgIpc) is 2.73. The maximum atomic E-state index is 11.7. The van der Waals surface area contributed by atoms with Gasteiger partial charge in [-0.1, -0.05) is 0 Å². The molecule has 6 nitrogen and oxygen atoms in total. The summed E-state index contributed by atoms with van der Waals surface area (Å²) in [6, 6.07) is 0. The lowest BCUT2D eigenvalue weighted by molar-refractivity contribution is -0.279. The summed E-state index contributed by atoms with van der Waals surface area (Å²) in [4.78, 5) is 24.1. The van der Waals surface area contributed by atoms with Gasteiger partial charge in [0.2, 0.25) is 11.8 Å². The van der Waals surface area contributed by atoms with Crippen molar-refractivity contribution in [1.29, 1.82) is 0 Å². The molecule has 0 aromatic heterocycles. The summed E-state index contributed by atoms with van der Waals surface area (Å²) in [7, 11) is 0. The van der Waals surface area contributed by atoms with Crippen LogP contribution in [0.3, 0.4) is 0 Å². The minimum Gasteiger partial charge on any atom is -0.349 e. The first kappa shape index (κ1) is 11.3. The summed E-state index contributed by atoms with van der Waals surface area (Å²) in [5, 5.41) is 12.9. The second kappa shape index (κ2) is 4.03. The van der Waals surface area contributed by atoms with Crippen LogP contribution in [0.15, 0.2) is 0 Å². The van der Waals surface area contributed by atoms with Crippen molar-refractivity contribution in [3.05, 3.63) is 0 Å². The number of amides is 2. The highest BCUT2D eigenvalue weighted by atomic mass is 16.6. The van der Waals surface area contributed by atoms with Crippen LogP contribution in [0.5, 0.6) is 0 Å². The number of likely N-dealkylation sites (tertiary alicyclic amines) is 1. The molecule has 6 heteroatoms. The van der Waals surface area contributed by atoms with Gasteiger partial charge in [-0.3, -0.25) is 14.5 Å². The number of hydrogen-bond donors (Lipinski definition) is 2. The lowest BCUT2D eigenvalue weighted by atomic mass is 10.3. The number of carbonyl (C=O) groups is 2. The minimum absolute atomic E-state index is 0.0939. The van der Waals surface area contributed by atoms with Crippen molar-refractivity contribution in [1.82, 2.24) is 10.2 Å². The zero-order chi connectivity index (χ0) is 11.8. The van der Waals surface area contributed by atoms with Crippen molar-refractivity contribution in [3.8, 4) is 0 Å². The van der Waals surface area contributed by atoms with Crippen molar-refractivity contribution in [2.24, 2.45) is 0 Å². The molecule has 2 amide bonds. The van der Waals surface area contributed by atoms with Gasteiger partial charge in [-0.2, -0.15) is 0 Å². The maximum Gasteiger partial charge on any atom is 0.253 e. The van der Waals surface area contributed by atoms with Crippen molar-refractivity contribution < 1.29 is 19.4 Å². The van der Waals surface area contributed by atoms with E-state index in [9.17, 15) is 14.7 Å². The van der Waals surface area contributed by atoms with Crippen LogP contribution >= 0.6 is 0 Å². The van der Waals surface area contributed by atoms with Crippen LogP contribution in [0.2, 0.25) is 0 Å². The van der Waals surface area contributed by atoms with E-state index in [-0.39, 0.29) is 24.7 Å². The van der Waals surface area contributed by atoms with E-state index in [1.54, 1.807) is 6.92 Å². The van der Waals surface area contributed by atoms with Gasteiger partial charge in [0.1, 0.15) is 6.17 Å². The molecule has 0 aliphatic carbocycles. The lowest BCUT2D eigenvalue weighted by Crippen LogP contribution is -2.56. The number of carbonyl (C=O) groups excluding carboxylic acids is 2. The van der Waals surface area contributed by atoms with E-state index in [0.717, 1.165) is 0 Å². The molecule has 2 atom stereocenters. The van der Waals surface area contributed by atoms with Crippen LogP contribution in [-0.2, 0) is 14.3 Å². The molecule has 0 bridgehead atoms. The van der Waals surface area contributed by atoms with Crippen LogP contribution in [-0.4, -0.2) is 40.5 Å². The van der Waals surface area contributed by atoms with Gasteiger partial charge in [0.05, 0.1) is 0 Å². The molecule has 0 saturated carbocycles. The molecule has 0 aromatic rings. The fourth-order valence-electron chi connectivity index (χ4n) is 2.29. The molecule has 0 aromatic carbocycles. The second-order valence-electron chi connectivity index (χ2n) is 4.06. The molecule has 2 unspecified atom stereocenters. The minimum atomic E-state index is -1.55. The summed E-state index contributed by atoms with van der Waals surface area (Å²) in [5.41, 5.74) is 0. The van der Waals surface area contributed by atoms with Gasteiger partial charge in [0, 0.05) is 25.9 Å². The molecule has 0 radical (unpaired) electrons. The van der Waals surface area contributed by atoms with Gasteiger partial charge in [0.25, 0.3) is 5.91 Å². The zero-order valence-corrected chi connectivity index (χ0v) is 9.23. The van der Waals surface area contributed by atoms with E-state index in [0.29, 0.717) is 19.4 Å². The zero-order valence-electron chi connectivity index (χ0n) is 9.23. The molecule has 2 aliphatic rings. The fraction of sp³-hybridized carbons (Fsp3) is 0.800. The first-order valence-electron chi connectivity index (χ1n) is 5.54. The van der Waals surface area contributed by atoms with Crippen molar-refractivity contribution in [2.45, 2.75) is 44.7 Å². The summed E-state index contributed by atoms with van der Waals surface area (Å²) in [6.07, 6.45) is 0.991. The van der Waals surface area contributed by atoms with Crippen molar-refractivity contribution >= 4 is 11.8 Å². The highest BCUT2D eigenvalue weighted by molar-refractivity contribution is 5.82. The summed E-state index contributed by atoms with van der Waals surface area (Å²) >= 11 is 0. The standard InChI is InChI=1S/C10H16N2O4/c1-2-16-10(15)6-5-9(14)12(10)7-3-4-8(13)11-7/h7,15H,2-6H2,1H3,(H,11,13). The Balaban J connectivity index is 2.15. The molecule has 16 heavy (non-hydrogen) atoms. The molecule has 0 spiro atoms. The number of rotatable bonds is 3. The third-order valence-corrected chi connectivity index (χ3v) is 2.97. The predicted molar refractivity (Wildman–Crippen MR) is 53.8 cm³/mol. The highest BCUT2D eigenvalue weighted by Gasteiger charge is 2.49. The maximum absolute atomic E-state index is 11.7. The van der Waals surface area contributed by atoms with Gasteiger partial charge >= 0.3 is 0 Å². The molecular weight excluding hydrogens is 212 g/mol. The monoisotopic (exact) mass is 228 g/mol. The van der Waals surface area contributed by atoms with E-state index in [1.165, 1.54) is 4.90 Å². The van der Waals surface area contributed by atoms with E-state index in [2.05, 4.69) is 5.32 Å². The predicted octanol–water partition coefficient (Wildman–Crippen LogP) is -0.472. The van der Waals surface area contributed by atoms with Crippen LogP contribution in [0.1, 0.15) is 32.6 Å². The topological polar surface area (TPSA) is 78.9 Å². The Kier molecular flexibility index (Phi) is 2.86. The molecule has 2 fully saturated rings. The van der Waals surface area contributed by atoms with Crippen LogP contribution in [0.4, 0.5) is 0 Å². The highest BCUT2D eigenvalue weighted by Crippen LogP contribution is 2.32. The first-order chi connectivity index (χ1) is 7.57. The Hall–Kier alpha value is -1.14. The number of aliphatic hydroxyl groups is 1. The van der Waals surface area contributed by atoms with Crippen LogP contribution in [0.25, 0.3) is 0 Å². The van der Waals surface area contributed by atoms with E-state index < -0.39 is 12.1 Å². The molecule has 2 heterocycles. The first-order valence-corrected chi connectivity index (χ1v) is 5.54. The van der Waals surface area contributed by atoms with Gasteiger partial charge < -0.3 is 15.2 Å². The number of nitrogens with zero attached hydrogens (tertiary/aromatic N) is 1. The molecule has 2 saturated heterocycles. The quantitative estimate of drug-likeness (QED) is 0.640. The number of hydrogen-bond acceptors (Lipinski definition) is 4. The SMILES string of the molecule is CCOC1(O)CCC(=O)N1C1CCC(=O)N1. The molecule has 2 rings (SSSR count). The Labute approximate surface area is 93.6 Å². The van der Waals surface area contributed by atoms with Crippen molar-refractivity contribution in [2.75, 3.05) is 6.61 Å². The van der Waals surface area contributed by atoms with Crippen molar-refractivity contribution in [3.63, 3.8) is 0 Å². The summed E-state index contributed by atoms with van der Waals surface area (Å²) < 4.78 is 5.23. The molecule has 2 aliphatic heterocycles. The van der Waals surface area contributed by atoms with E-state index >= 15 is 0 Å². The molecule has 2 N–H and O–H groups in total. The Morgan fingerprint density at radius 3 is 2.88 bits per heavy atom. The third kappa shape index (κ3) is 1.78. The Morgan fingerprint density at radius 1 is 1.56 bits per heavy atom. The molecular formula is C10H16N2O4. The van der Waals surface area contributed by atoms with Gasteiger partial charge in [-0.05, 0) is 13.3 Å². The normalized spacial score (nSPS) is 34.6. The number of nitrogens with one attached hydrogen (secondary N) is 1. The largest absolute Gasteiger partial charge is 0.349 e. The van der Waals surface area contributed by atoms with Crippen LogP contribution in [0, 0.1) is 0 Å². The Bertz CT molecular complexity index is 320.